The summed E-state index contributed by atoms with van der Waals surface area (Å²) in [5.41, 5.74) is -1.07. The minimum Gasteiger partial charge on any atom is -0.394 e. The fourth-order valence-corrected chi connectivity index (χ4v) is 3.08. The van der Waals surface area contributed by atoms with Gasteiger partial charge < -0.3 is 20.3 Å². The lowest BCUT2D eigenvalue weighted by atomic mass is 10.1. The average molecular weight is 435 g/mol. The number of anilines is 1. The van der Waals surface area contributed by atoms with Crippen molar-refractivity contribution in [1.29, 1.82) is 5.26 Å². The summed E-state index contributed by atoms with van der Waals surface area (Å²) < 4.78 is 14.7. The van der Waals surface area contributed by atoms with Gasteiger partial charge in [-0.25, -0.2) is 4.39 Å². The molecule has 0 radical (unpaired) electrons. The average Bonchev–Trinajstić information content (AvgIpc) is 2.91. The summed E-state index contributed by atoms with van der Waals surface area (Å²) in [7, 11) is 1.43. The minimum atomic E-state index is -1.02. The summed E-state index contributed by atoms with van der Waals surface area (Å²) in [6.45, 7) is 4.17. The van der Waals surface area contributed by atoms with Crippen LogP contribution in [0.1, 0.15) is 45.8 Å². The van der Waals surface area contributed by atoms with Crippen molar-refractivity contribution in [2.45, 2.75) is 26.3 Å². The first-order valence-electron chi connectivity index (χ1n) is 8.77. The molecule has 0 bridgehead atoms. The molecule has 0 fully saturated rings. The van der Waals surface area contributed by atoms with Crippen LogP contribution in [0.3, 0.4) is 0 Å². The molecule has 10 heteroatoms. The van der Waals surface area contributed by atoms with E-state index in [4.69, 9.17) is 16.9 Å². The number of hydrogen-bond donors (Lipinski definition) is 3. The van der Waals surface area contributed by atoms with Gasteiger partial charge in [-0.05, 0) is 44.5 Å². The molecule has 2 amide bonds. The molecule has 0 saturated heterocycles. The number of benzene rings is 1. The highest BCUT2D eigenvalue weighted by Crippen LogP contribution is 2.28. The van der Waals surface area contributed by atoms with Gasteiger partial charge in [0.2, 0.25) is 0 Å². The Morgan fingerprint density at radius 2 is 1.97 bits per heavy atom. The summed E-state index contributed by atoms with van der Waals surface area (Å²) in [6, 6.07) is 5.15. The predicted octanol–water partition coefficient (Wildman–Crippen LogP) is 2.32. The second-order valence-corrected chi connectivity index (χ2v) is 7.64. The summed E-state index contributed by atoms with van der Waals surface area (Å²) in [4.78, 5) is 37.7. The summed E-state index contributed by atoms with van der Waals surface area (Å²) in [5.74, 6) is -3.31. The first-order valence-corrected chi connectivity index (χ1v) is 9.14. The Hall–Kier alpha value is -3.22. The highest BCUT2D eigenvalue weighted by molar-refractivity contribution is 6.44. The van der Waals surface area contributed by atoms with Crippen LogP contribution in [0.5, 0.6) is 0 Å². The molecule has 0 atom stereocenters. The van der Waals surface area contributed by atoms with E-state index in [9.17, 15) is 23.9 Å². The molecule has 0 aliphatic carbocycles. The van der Waals surface area contributed by atoms with Crippen LogP contribution in [0.4, 0.5) is 10.1 Å². The fourth-order valence-electron chi connectivity index (χ4n) is 2.77. The number of amides is 2. The molecule has 0 unspecified atom stereocenters. The zero-order valence-corrected chi connectivity index (χ0v) is 17.5. The van der Waals surface area contributed by atoms with Crippen LogP contribution in [-0.2, 0) is 11.8 Å². The van der Waals surface area contributed by atoms with Gasteiger partial charge in [0.25, 0.3) is 17.6 Å². The number of halogens is 2. The van der Waals surface area contributed by atoms with Gasteiger partial charge in [0.1, 0.15) is 17.0 Å². The van der Waals surface area contributed by atoms with Gasteiger partial charge in [-0.2, -0.15) is 5.26 Å². The van der Waals surface area contributed by atoms with Crippen molar-refractivity contribution in [2.24, 2.45) is 7.05 Å². The van der Waals surface area contributed by atoms with Crippen LogP contribution < -0.4 is 10.6 Å². The Balaban J connectivity index is 2.38. The van der Waals surface area contributed by atoms with Gasteiger partial charge in [0, 0.05) is 12.7 Å². The highest BCUT2D eigenvalue weighted by atomic mass is 35.5. The Labute approximate surface area is 177 Å². The number of aromatic nitrogens is 1. The molecule has 1 aromatic heterocycles. The van der Waals surface area contributed by atoms with Gasteiger partial charge in [-0.3, -0.25) is 14.4 Å². The number of Topliss-reactive ketones (excluding diaryl/α,β-unsaturated/α-hetero) is 1. The molecule has 3 N–H and O–H groups in total. The zero-order chi connectivity index (χ0) is 22.8. The van der Waals surface area contributed by atoms with E-state index in [0.717, 1.165) is 12.1 Å². The zero-order valence-electron chi connectivity index (χ0n) is 16.8. The Morgan fingerprint density at radius 3 is 2.53 bits per heavy atom. The Kier molecular flexibility index (Phi) is 6.65. The Bertz CT molecular complexity index is 1090. The largest absolute Gasteiger partial charge is 0.394 e. The normalized spacial score (nSPS) is 11.0. The van der Waals surface area contributed by atoms with Gasteiger partial charge >= 0.3 is 0 Å². The number of carbonyl (C=O) groups excluding carboxylic acids is 3. The molecule has 0 saturated carbocycles. The second kappa shape index (κ2) is 8.65. The monoisotopic (exact) mass is 434 g/mol. The molecule has 1 heterocycles. The number of carbonyl (C=O) groups is 3. The quantitative estimate of drug-likeness (QED) is 0.475. The van der Waals surface area contributed by atoms with Crippen molar-refractivity contribution in [1.82, 2.24) is 9.88 Å². The first kappa shape index (κ1) is 23.1. The number of nitrogens with zero attached hydrogens (tertiary/aromatic N) is 2. The lowest BCUT2D eigenvalue weighted by Crippen LogP contribution is -2.49. The van der Waals surface area contributed by atoms with Crippen LogP contribution in [0.25, 0.3) is 0 Å². The number of aliphatic hydroxyl groups is 1. The van der Waals surface area contributed by atoms with Crippen LogP contribution >= 0.6 is 11.6 Å². The lowest BCUT2D eigenvalue weighted by Gasteiger charge is -2.22. The number of nitriles is 1. The number of aliphatic hydroxyl groups excluding tert-OH is 1. The van der Waals surface area contributed by atoms with Crippen molar-refractivity contribution in [2.75, 3.05) is 11.9 Å². The highest BCUT2D eigenvalue weighted by Gasteiger charge is 2.31. The molecule has 8 nitrogen and oxygen atoms in total. The van der Waals surface area contributed by atoms with Crippen molar-refractivity contribution in [3.63, 3.8) is 0 Å². The third-order valence-electron chi connectivity index (χ3n) is 4.41. The number of hydrogen-bond acceptors (Lipinski definition) is 5. The molecular formula is C20H20ClFN4O4. The molecule has 2 aromatic rings. The molecule has 1 aromatic carbocycles. The van der Waals surface area contributed by atoms with E-state index in [-0.39, 0.29) is 39.8 Å². The molecule has 2 rings (SSSR count). The fraction of sp³-hybridized carbons (Fsp3) is 0.300. The van der Waals surface area contributed by atoms with Crippen molar-refractivity contribution in [3.8, 4) is 6.07 Å². The lowest BCUT2D eigenvalue weighted by molar-refractivity contribution is -0.119. The molecular weight excluding hydrogens is 415 g/mol. The maximum absolute atomic E-state index is 13.5. The first-order chi connectivity index (χ1) is 13.9. The van der Waals surface area contributed by atoms with Gasteiger partial charge in [0.05, 0.1) is 29.0 Å². The molecule has 0 spiro atoms. The second-order valence-electron chi connectivity index (χ2n) is 7.28. The van der Waals surface area contributed by atoms with E-state index >= 15 is 0 Å². The third-order valence-corrected chi connectivity index (χ3v) is 4.85. The summed E-state index contributed by atoms with van der Waals surface area (Å²) >= 11 is 6.24. The van der Waals surface area contributed by atoms with Gasteiger partial charge in [0.15, 0.2) is 0 Å². The summed E-state index contributed by atoms with van der Waals surface area (Å²) in [6.07, 6.45) is 0. The van der Waals surface area contributed by atoms with Crippen molar-refractivity contribution in [3.05, 3.63) is 51.6 Å². The van der Waals surface area contributed by atoms with Crippen LogP contribution in [0.2, 0.25) is 5.15 Å². The standard InChI is InChI=1S/C20H20ClFN4O4/c1-10-14(18(29)24-12-5-6-13(22)11(7-12)8-23)17(21)26(4)15(10)16(28)19(30)25-20(2,3)9-27/h5-7,27H,9H2,1-4H3,(H,24,29)(H,25,30). The molecule has 158 valence electrons. The third kappa shape index (κ3) is 4.50. The van der Waals surface area contributed by atoms with Crippen LogP contribution in [-0.4, -0.2) is 39.4 Å². The smallest absolute Gasteiger partial charge is 0.294 e. The van der Waals surface area contributed by atoms with E-state index in [1.54, 1.807) is 19.9 Å². The predicted molar refractivity (Wildman–Crippen MR) is 108 cm³/mol. The number of ketones is 1. The van der Waals surface area contributed by atoms with E-state index in [1.165, 1.54) is 24.6 Å². The van der Waals surface area contributed by atoms with E-state index < -0.39 is 29.0 Å². The van der Waals surface area contributed by atoms with Crippen molar-refractivity contribution >= 4 is 34.9 Å². The SMILES string of the molecule is Cc1c(C(=O)Nc2ccc(F)c(C#N)c2)c(Cl)n(C)c1C(=O)C(=O)NC(C)(C)CO. The van der Waals surface area contributed by atoms with Gasteiger partial charge in [-0.1, -0.05) is 11.6 Å². The maximum Gasteiger partial charge on any atom is 0.294 e. The topological polar surface area (TPSA) is 124 Å². The maximum atomic E-state index is 13.5. The molecule has 30 heavy (non-hydrogen) atoms. The van der Waals surface area contributed by atoms with E-state index in [1.807, 2.05) is 0 Å². The molecule has 0 aliphatic rings. The number of nitrogens with one attached hydrogen (secondary N) is 2. The van der Waals surface area contributed by atoms with Crippen molar-refractivity contribution < 1.29 is 23.9 Å². The Morgan fingerprint density at radius 1 is 1.33 bits per heavy atom. The molecule has 0 aliphatic heterocycles. The number of rotatable bonds is 6. The van der Waals surface area contributed by atoms with E-state index in [2.05, 4.69) is 10.6 Å². The minimum absolute atomic E-state index is 0.0421. The van der Waals surface area contributed by atoms with Crippen LogP contribution in [0, 0.1) is 24.1 Å². The summed E-state index contributed by atoms with van der Waals surface area (Å²) in [5, 5.41) is 23.0. The van der Waals surface area contributed by atoms with E-state index in [0.29, 0.717) is 0 Å². The van der Waals surface area contributed by atoms with Gasteiger partial charge in [-0.15, -0.1) is 0 Å². The van der Waals surface area contributed by atoms with Crippen LogP contribution in [0.15, 0.2) is 18.2 Å².